The van der Waals surface area contributed by atoms with Crippen LogP contribution in [0.2, 0.25) is 10.0 Å². The van der Waals surface area contributed by atoms with Crippen molar-refractivity contribution in [2.24, 2.45) is 0 Å². The first-order chi connectivity index (χ1) is 12.0. The molecule has 2 aliphatic rings. The first-order valence-electron chi connectivity index (χ1n) is 8.44. The summed E-state index contributed by atoms with van der Waals surface area (Å²) in [6.45, 7) is 4.12. The summed E-state index contributed by atoms with van der Waals surface area (Å²) in [5, 5.41) is 6.97. The number of hydrogen-bond donors (Lipinski definition) is 2. The lowest BCUT2D eigenvalue weighted by molar-refractivity contribution is -0.0881. The maximum atomic E-state index is 12.4. The van der Waals surface area contributed by atoms with Gasteiger partial charge in [0.25, 0.3) is 0 Å². The Labute approximate surface area is 157 Å². The number of fused-ring (bicyclic) bond motifs is 1. The fourth-order valence-corrected chi connectivity index (χ4v) is 3.68. The highest BCUT2D eigenvalue weighted by Crippen LogP contribution is 2.23. The molecule has 2 aliphatic heterocycles. The van der Waals surface area contributed by atoms with Crippen LogP contribution in [0, 0.1) is 0 Å². The Morgan fingerprint density at radius 2 is 2.24 bits per heavy atom. The second kappa shape index (κ2) is 8.40. The number of hydrogen-bond acceptors (Lipinski definition) is 5. The molecule has 1 aromatic rings. The van der Waals surface area contributed by atoms with Crippen LogP contribution in [0.25, 0.3) is 0 Å². The van der Waals surface area contributed by atoms with E-state index in [1.807, 2.05) is 4.90 Å². The highest BCUT2D eigenvalue weighted by atomic mass is 35.5. The largest absolute Gasteiger partial charge is 0.375 e. The SMILES string of the molecule is CN1CCOC2CCN(C(=O)NCCNc3ncc(Cl)cc3Cl)CC21. The van der Waals surface area contributed by atoms with Crippen molar-refractivity contribution in [2.75, 3.05) is 51.7 Å². The molecule has 0 bridgehead atoms. The molecule has 3 heterocycles. The molecular weight excluding hydrogens is 365 g/mol. The van der Waals surface area contributed by atoms with Gasteiger partial charge in [0, 0.05) is 38.9 Å². The summed E-state index contributed by atoms with van der Waals surface area (Å²) in [4.78, 5) is 20.6. The van der Waals surface area contributed by atoms with Crippen molar-refractivity contribution >= 4 is 35.1 Å². The second-order valence-corrected chi connectivity index (χ2v) is 7.18. The molecule has 25 heavy (non-hydrogen) atoms. The number of likely N-dealkylation sites (tertiary alicyclic amines) is 1. The number of anilines is 1. The zero-order valence-electron chi connectivity index (χ0n) is 14.2. The molecule has 1 aromatic heterocycles. The molecule has 2 amide bonds. The third kappa shape index (κ3) is 4.67. The Kier molecular flexibility index (Phi) is 6.22. The minimum Gasteiger partial charge on any atom is -0.375 e. The Bertz CT molecular complexity index is 618. The topological polar surface area (TPSA) is 69.7 Å². The molecule has 2 N–H and O–H groups in total. The third-order valence-corrected chi connectivity index (χ3v) is 5.15. The van der Waals surface area contributed by atoms with Crippen LogP contribution in [0.5, 0.6) is 0 Å². The van der Waals surface area contributed by atoms with Gasteiger partial charge in [-0.3, -0.25) is 4.90 Å². The number of urea groups is 1. The van der Waals surface area contributed by atoms with Crippen molar-refractivity contribution < 1.29 is 9.53 Å². The maximum Gasteiger partial charge on any atom is 0.317 e. The van der Waals surface area contributed by atoms with Crippen LogP contribution in [0.15, 0.2) is 12.3 Å². The van der Waals surface area contributed by atoms with Crippen molar-refractivity contribution in [3.63, 3.8) is 0 Å². The van der Waals surface area contributed by atoms with Crippen molar-refractivity contribution in [3.8, 4) is 0 Å². The molecule has 0 spiro atoms. The van der Waals surface area contributed by atoms with Gasteiger partial charge in [0.05, 0.1) is 28.8 Å². The average molecular weight is 388 g/mol. The average Bonchev–Trinajstić information content (AvgIpc) is 2.60. The Morgan fingerprint density at radius 1 is 1.40 bits per heavy atom. The second-order valence-electron chi connectivity index (χ2n) is 6.33. The number of halogens is 2. The van der Waals surface area contributed by atoms with E-state index in [4.69, 9.17) is 27.9 Å². The normalized spacial score (nSPS) is 23.9. The van der Waals surface area contributed by atoms with Gasteiger partial charge in [0.15, 0.2) is 0 Å². The molecule has 138 valence electrons. The molecule has 3 rings (SSSR count). The van der Waals surface area contributed by atoms with E-state index >= 15 is 0 Å². The summed E-state index contributed by atoms with van der Waals surface area (Å²) in [5.41, 5.74) is 0. The monoisotopic (exact) mass is 387 g/mol. The minimum atomic E-state index is -0.0469. The van der Waals surface area contributed by atoms with Crippen molar-refractivity contribution in [1.82, 2.24) is 20.1 Å². The van der Waals surface area contributed by atoms with Crippen LogP contribution >= 0.6 is 23.2 Å². The van der Waals surface area contributed by atoms with Crippen LogP contribution in [0.1, 0.15) is 6.42 Å². The standard InChI is InChI=1S/C16H23Cl2N5O2/c1-22-6-7-25-14-2-5-23(10-13(14)22)16(24)20-4-3-19-15-12(18)8-11(17)9-21-15/h8-9,13-14H,2-7,10H2,1H3,(H,19,21)(H,20,24). The lowest BCUT2D eigenvalue weighted by atomic mass is 9.99. The summed E-state index contributed by atoms with van der Waals surface area (Å²) in [7, 11) is 2.09. The van der Waals surface area contributed by atoms with Gasteiger partial charge in [-0.25, -0.2) is 9.78 Å². The Balaban J connectivity index is 1.42. The van der Waals surface area contributed by atoms with E-state index in [0.29, 0.717) is 35.5 Å². The molecular formula is C16H23Cl2N5O2. The highest BCUT2D eigenvalue weighted by molar-refractivity contribution is 6.35. The number of aromatic nitrogens is 1. The van der Waals surface area contributed by atoms with Gasteiger partial charge in [-0.05, 0) is 19.5 Å². The first kappa shape index (κ1) is 18.5. The smallest absolute Gasteiger partial charge is 0.317 e. The number of rotatable bonds is 4. The number of ether oxygens (including phenoxy) is 1. The van der Waals surface area contributed by atoms with E-state index in [1.165, 1.54) is 6.20 Å². The molecule has 2 fully saturated rings. The van der Waals surface area contributed by atoms with Crippen molar-refractivity contribution in [1.29, 1.82) is 0 Å². The number of likely N-dealkylation sites (N-methyl/N-ethyl adjacent to an activating group) is 1. The lowest BCUT2D eigenvalue weighted by Crippen LogP contribution is -2.60. The number of carbonyl (C=O) groups is 1. The maximum absolute atomic E-state index is 12.4. The van der Waals surface area contributed by atoms with Gasteiger partial charge in [-0.15, -0.1) is 0 Å². The molecule has 9 heteroatoms. The van der Waals surface area contributed by atoms with Crippen LogP contribution < -0.4 is 10.6 Å². The van der Waals surface area contributed by atoms with Gasteiger partial charge in [-0.2, -0.15) is 0 Å². The highest BCUT2D eigenvalue weighted by Gasteiger charge is 2.36. The van der Waals surface area contributed by atoms with Crippen LogP contribution in [0.3, 0.4) is 0 Å². The van der Waals surface area contributed by atoms with Gasteiger partial charge >= 0.3 is 6.03 Å². The number of piperidine rings is 1. The van der Waals surface area contributed by atoms with Crippen LogP contribution in [-0.4, -0.2) is 79.3 Å². The summed E-state index contributed by atoms with van der Waals surface area (Å²) in [6, 6.07) is 1.86. The van der Waals surface area contributed by atoms with E-state index in [-0.39, 0.29) is 18.2 Å². The third-order valence-electron chi connectivity index (χ3n) is 4.65. The molecule has 0 aromatic carbocycles. The van der Waals surface area contributed by atoms with Crippen molar-refractivity contribution in [2.45, 2.75) is 18.6 Å². The lowest BCUT2D eigenvalue weighted by Gasteiger charge is -2.45. The summed E-state index contributed by atoms with van der Waals surface area (Å²) in [5.74, 6) is 0.558. The molecule has 0 saturated carbocycles. The molecule has 2 saturated heterocycles. The van der Waals surface area contributed by atoms with Gasteiger partial charge < -0.3 is 20.3 Å². The first-order valence-corrected chi connectivity index (χ1v) is 9.19. The number of amides is 2. The molecule has 2 atom stereocenters. The van der Waals surface area contributed by atoms with E-state index in [0.717, 1.165) is 26.1 Å². The number of carbonyl (C=O) groups excluding carboxylic acids is 1. The zero-order valence-corrected chi connectivity index (χ0v) is 15.7. The number of nitrogens with zero attached hydrogens (tertiary/aromatic N) is 3. The summed E-state index contributed by atoms with van der Waals surface area (Å²) in [6.07, 6.45) is 2.65. The fourth-order valence-electron chi connectivity index (χ4n) is 3.23. The molecule has 2 unspecified atom stereocenters. The van der Waals surface area contributed by atoms with Crippen LogP contribution in [0.4, 0.5) is 10.6 Å². The summed E-state index contributed by atoms with van der Waals surface area (Å²) < 4.78 is 5.81. The van der Waals surface area contributed by atoms with E-state index in [1.54, 1.807) is 6.07 Å². The fraction of sp³-hybridized carbons (Fsp3) is 0.625. The van der Waals surface area contributed by atoms with E-state index in [9.17, 15) is 4.79 Å². The predicted molar refractivity (Wildman–Crippen MR) is 98.5 cm³/mol. The number of nitrogens with one attached hydrogen (secondary N) is 2. The summed E-state index contributed by atoms with van der Waals surface area (Å²) >= 11 is 11.9. The zero-order chi connectivity index (χ0) is 17.8. The quantitative estimate of drug-likeness (QED) is 0.772. The molecule has 7 nitrogen and oxygen atoms in total. The van der Waals surface area contributed by atoms with Gasteiger partial charge in [-0.1, -0.05) is 23.2 Å². The predicted octanol–water partition coefficient (Wildman–Crippen LogP) is 1.91. The van der Waals surface area contributed by atoms with E-state index < -0.39 is 0 Å². The molecule has 0 aliphatic carbocycles. The van der Waals surface area contributed by atoms with Gasteiger partial charge in [0.1, 0.15) is 5.82 Å². The Hall–Kier alpha value is -1.28. The van der Waals surface area contributed by atoms with Crippen molar-refractivity contribution in [3.05, 3.63) is 22.3 Å². The van der Waals surface area contributed by atoms with E-state index in [2.05, 4.69) is 27.6 Å². The minimum absolute atomic E-state index is 0.0469. The number of pyridine rings is 1. The number of morpholine rings is 1. The Morgan fingerprint density at radius 3 is 3.04 bits per heavy atom. The van der Waals surface area contributed by atoms with Gasteiger partial charge in [0.2, 0.25) is 0 Å². The molecule has 0 radical (unpaired) electrons. The van der Waals surface area contributed by atoms with Crippen LogP contribution in [-0.2, 0) is 4.74 Å².